The maximum absolute atomic E-state index is 16.7. The van der Waals surface area contributed by atoms with E-state index in [1.54, 1.807) is 37.6 Å². The maximum Gasteiger partial charge on any atom is 0.261 e. The van der Waals surface area contributed by atoms with Crippen LogP contribution in [0.4, 0.5) is 4.39 Å². The summed E-state index contributed by atoms with van der Waals surface area (Å²) in [6, 6.07) is 10.5. The number of fused-ring (bicyclic) bond motifs is 1. The Morgan fingerprint density at radius 2 is 1.78 bits per heavy atom. The van der Waals surface area contributed by atoms with Crippen molar-refractivity contribution in [1.29, 1.82) is 0 Å². The van der Waals surface area contributed by atoms with E-state index < -0.39 is 17.6 Å². The van der Waals surface area contributed by atoms with Crippen LogP contribution in [-0.2, 0) is 11.8 Å². The van der Waals surface area contributed by atoms with E-state index in [2.05, 4.69) is 4.90 Å². The van der Waals surface area contributed by atoms with Crippen molar-refractivity contribution in [3.05, 3.63) is 70.7 Å². The van der Waals surface area contributed by atoms with Gasteiger partial charge >= 0.3 is 0 Å². The van der Waals surface area contributed by atoms with Crippen LogP contribution < -0.4 is 9.47 Å². The van der Waals surface area contributed by atoms with Gasteiger partial charge in [-0.05, 0) is 67.7 Å². The maximum atomic E-state index is 16.7. The van der Waals surface area contributed by atoms with E-state index >= 15 is 4.39 Å². The van der Waals surface area contributed by atoms with Gasteiger partial charge in [0.2, 0.25) is 0 Å². The van der Waals surface area contributed by atoms with Crippen LogP contribution in [0.3, 0.4) is 0 Å². The van der Waals surface area contributed by atoms with Crippen molar-refractivity contribution in [2.24, 2.45) is 11.8 Å². The van der Waals surface area contributed by atoms with Crippen molar-refractivity contribution in [3.63, 3.8) is 0 Å². The lowest BCUT2D eigenvalue weighted by atomic mass is 9.52. The number of hydrogen-bond acceptors (Lipinski definition) is 5. The minimum absolute atomic E-state index is 0.0125. The number of halogens is 1. The smallest absolute Gasteiger partial charge is 0.261 e. The number of imide groups is 1. The van der Waals surface area contributed by atoms with E-state index in [1.165, 1.54) is 17.7 Å². The lowest BCUT2D eigenvalue weighted by Gasteiger charge is -2.58. The third-order valence-electron chi connectivity index (χ3n) is 9.56. The first kappa shape index (κ1) is 20.8. The Labute approximate surface area is 208 Å². The molecule has 5 atom stereocenters. The summed E-state index contributed by atoms with van der Waals surface area (Å²) in [4.78, 5) is 30.6. The minimum atomic E-state index is -1.01. The highest BCUT2D eigenvalue weighted by Gasteiger charge is 2.70. The minimum Gasteiger partial charge on any atom is -0.493 e. The van der Waals surface area contributed by atoms with Gasteiger partial charge in [-0.15, -0.1) is 0 Å². The average Bonchev–Trinajstić information content (AvgIpc) is 3.58. The topological polar surface area (TPSA) is 59.1 Å². The van der Waals surface area contributed by atoms with E-state index in [9.17, 15) is 9.59 Å². The normalized spacial score (nSPS) is 33.2. The number of methoxy groups -OCH3 is 1. The van der Waals surface area contributed by atoms with Crippen molar-refractivity contribution in [2.75, 3.05) is 13.7 Å². The van der Waals surface area contributed by atoms with Crippen LogP contribution in [0, 0.1) is 11.8 Å². The van der Waals surface area contributed by atoms with Crippen LogP contribution in [-0.4, -0.2) is 53.5 Å². The summed E-state index contributed by atoms with van der Waals surface area (Å²) in [6.45, 7) is 0.885. The van der Waals surface area contributed by atoms with Gasteiger partial charge in [-0.1, -0.05) is 18.2 Å². The molecule has 2 aromatic carbocycles. The zero-order valence-electron chi connectivity index (χ0n) is 20.1. The number of hydrogen-bond donors (Lipinski definition) is 0. The van der Waals surface area contributed by atoms with Gasteiger partial charge in [0.25, 0.3) is 11.8 Å². The molecule has 0 radical (unpaired) electrons. The predicted molar refractivity (Wildman–Crippen MR) is 129 cm³/mol. The summed E-state index contributed by atoms with van der Waals surface area (Å²) in [5, 5.41) is 0. The lowest BCUT2D eigenvalue weighted by molar-refractivity contribution is -0.0441. The summed E-state index contributed by atoms with van der Waals surface area (Å²) in [5.41, 5.74) is 1.76. The van der Waals surface area contributed by atoms with Crippen molar-refractivity contribution >= 4 is 11.8 Å². The molecule has 3 aliphatic heterocycles. The molecule has 0 N–H and O–H groups in total. The average molecular weight is 487 g/mol. The van der Waals surface area contributed by atoms with Gasteiger partial charge in [-0.3, -0.25) is 14.5 Å². The summed E-state index contributed by atoms with van der Waals surface area (Å²) >= 11 is 0. The Hall–Kier alpha value is -3.35. The number of carbonyl (C=O) groups excluding carboxylic acids is 2. The molecule has 8 rings (SSSR count). The van der Waals surface area contributed by atoms with E-state index in [-0.39, 0.29) is 29.6 Å². The zero-order valence-corrected chi connectivity index (χ0v) is 20.1. The van der Waals surface area contributed by atoms with Gasteiger partial charge in [0.15, 0.2) is 11.5 Å². The third kappa shape index (κ3) is 2.37. The molecule has 36 heavy (non-hydrogen) atoms. The number of amides is 2. The molecule has 1 unspecified atom stereocenters. The molecule has 0 aromatic heterocycles. The fourth-order valence-corrected chi connectivity index (χ4v) is 7.93. The van der Waals surface area contributed by atoms with Gasteiger partial charge in [0.05, 0.1) is 29.7 Å². The molecule has 1 spiro atoms. The van der Waals surface area contributed by atoms with Crippen molar-refractivity contribution in [3.8, 4) is 11.5 Å². The molecule has 2 aromatic rings. The first-order valence-electron chi connectivity index (χ1n) is 13.0. The first-order valence-corrected chi connectivity index (χ1v) is 13.0. The Balaban J connectivity index is 1.31. The highest BCUT2D eigenvalue weighted by atomic mass is 19.1. The van der Waals surface area contributed by atoms with Crippen molar-refractivity contribution in [1.82, 2.24) is 9.80 Å². The molecule has 2 saturated carbocycles. The molecular weight excluding hydrogens is 459 g/mol. The molecule has 6 nitrogen and oxygen atoms in total. The van der Waals surface area contributed by atoms with Gasteiger partial charge in [-0.25, -0.2) is 4.39 Å². The van der Waals surface area contributed by atoms with Crippen LogP contribution in [0.15, 0.2) is 48.4 Å². The molecule has 2 fully saturated rings. The monoisotopic (exact) mass is 486 g/mol. The first-order chi connectivity index (χ1) is 17.5. The number of rotatable bonds is 4. The molecule has 6 aliphatic rings. The van der Waals surface area contributed by atoms with E-state index in [0.29, 0.717) is 35.0 Å². The highest BCUT2D eigenvalue weighted by Crippen LogP contribution is 2.66. The van der Waals surface area contributed by atoms with Crippen molar-refractivity contribution in [2.45, 2.75) is 55.7 Å². The summed E-state index contributed by atoms with van der Waals surface area (Å²) < 4.78 is 29.0. The molecular formula is C29H27FN2O4. The second-order valence-electron chi connectivity index (χ2n) is 11.2. The number of benzene rings is 2. The second kappa shape index (κ2) is 6.90. The fraction of sp³-hybridized carbons (Fsp3) is 0.448. The van der Waals surface area contributed by atoms with E-state index in [0.717, 1.165) is 30.5 Å². The molecule has 3 heterocycles. The lowest BCUT2D eigenvalue weighted by Crippen LogP contribution is -2.67. The Bertz CT molecular complexity index is 1350. The third-order valence-corrected chi connectivity index (χ3v) is 9.56. The highest BCUT2D eigenvalue weighted by molar-refractivity contribution is 6.21. The second-order valence-corrected chi connectivity index (χ2v) is 11.2. The van der Waals surface area contributed by atoms with E-state index in [4.69, 9.17) is 9.47 Å². The largest absolute Gasteiger partial charge is 0.493 e. The Kier molecular flexibility index (Phi) is 3.99. The molecule has 7 heteroatoms. The summed E-state index contributed by atoms with van der Waals surface area (Å²) in [5.74, 6) is 0.967. The van der Waals surface area contributed by atoms with E-state index in [1.807, 2.05) is 12.1 Å². The van der Waals surface area contributed by atoms with Crippen LogP contribution in [0.1, 0.15) is 57.5 Å². The molecule has 184 valence electrons. The number of ether oxygens (including phenoxy) is 2. The SMILES string of the molecule is COc1ccc2c3c1O[C@H]1[C@H](N4C(=O)c5ccccc5C4=O)CCC4[C@@H](C2)N(CC2CC2)C=C(F)[C@]341. The van der Waals surface area contributed by atoms with Gasteiger partial charge in [0.1, 0.15) is 11.9 Å². The number of carbonyl (C=O) groups is 2. The quantitative estimate of drug-likeness (QED) is 0.606. The zero-order chi connectivity index (χ0) is 24.3. The van der Waals surface area contributed by atoms with Crippen LogP contribution in [0.25, 0.3) is 0 Å². The number of nitrogens with zero attached hydrogens (tertiary/aromatic N) is 2. The van der Waals surface area contributed by atoms with Gasteiger partial charge < -0.3 is 14.4 Å². The van der Waals surface area contributed by atoms with Crippen molar-refractivity contribution < 1.29 is 23.5 Å². The van der Waals surface area contributed by atoms with Crippen LogP contribution in [0.2, 0.25) is 0 Å². The summed E-state index contributed by atoms with van der Waals surface area (Å²) in [7, 11) is 1.59. The molecule has 2 amide bonds. The molecule has 0 saturated heterocycles. The van der Waals surface area contributed by atoms with Gasteiger partial charge in [0, 0.05) is 24.4 Å². The van der Waals surface area contributed by atoms with Crippen LogP contribution in [0.5, 0.6) is 11.5 Å². The standard InChI is InChI=1S/C29H27FN2O4/c1-35-22-11-8-16-12-21-19-9-10-20(32-27(33)17-4-2-3-5-18(17)28(32)34)26-29(19,24(16)25(22)36-26)23(30)14-31(21)13-15-6-7-15/h2-5,8,11,14-15,19-21,26H,6-7,9-10,12-13H2,1H3/t19?,20-,21-,26+,29+/m1/s1. The molecule has 3 aliphatic carbocycles. The Morgan fingerprint density at radius 1 is 1.03 bits per heavy atom. The van der Waals surface area contributed by atoms with Crippen LogP contribution >= 0.6 is 0 Å². The van der Waals surface area contributed by atoms with Gasteiger partial charge in [-0.2, -0.15) is 0 Å². The fourth-order valence-electron chi connectivity index (χ4n) is 7.93. The predicted octanol–water partition coefficient (Wildman–Crippen LogP) is 4.23. The summed E-state index contributed by atoms with van der Waals surface area (Å²) in [6.07, 6.45) is 5.60. The Morgan fingerprint density at radius 3 is 2.47 bits per heavy atom. The molecule has 2 bridgehead atoms.